The van der Waals surface area contributed by atoms with Crippen LogP contribution in [0, 0.1) is 11.6 Å². The number of amides is 3. The van der Waals surface area contributed by atoms with Gasteiger partial charge < -0.3 is 15.3 Å². The fourth-order valence-corrected chi connectivity index (χ4v) is 5.64. The molecule has 198 valence electrons. The van der Waals surface area contributed by atoms with E-state index in [9.17, 15) is 28.3 Å². The summed E-state index contributed by atoms with van der Waals surface area (Å²) in [5.41, 5.74) is 0.758. The Labute approximate surface area is 226 Å². The topological polar surface area (TPSA) is 93.2 Å². The molecule has 0 bridgehead atoms. The Morgan fingerprint density at radius 2 is 1.79 bits per heavy atom. The lowest BCUT2D eigenvalue weighted by molar-refractivity contribution is 0.0469. The van der Waals surface area contributed by atoms with Crippen LogP contribution in [0.1, 0.15) is 30.4 Å². The molecule has 12 heteroatoms. The van der Waals surface area contributed by atoms with E-state index in [1.165, 1.54) is 18.2 Å². The zero-order valence-electron chi connectivity index (χ0n) is 20.0. The fraction of sp³-hybridized carbons (Fsp3) is 0.269. The summed E-state index contributed by atoms with van der Waals surface area (Å²) in [4.78, 5) is 43.9. The number of nitrogens with zero attached hydrogens (tertiary/aromatic N) is 3. The van der Waals surface area contributed by atoms with Crippen LogP contribution in [0.5, 0.6) is 0 Å². The molecule has 1 saturated heterocycles. The zero-order chi connectivity index (χ0) is 27.0. The number of imide groups is 1. The third-order valence-electron chi connectivity index (χ3n) is 6.53. The van der Waals surface area contributed by atoms with Gasteiger partial charge in [-0.15, -0.1) is 11.3 Å². The molecule has 3 amide bonds. The second kappa shape index (κ2) is 10.8. The molecule has 2 aliphatic rings. The maximum absolute atomic E-state index is 14.1. The Bertz CT molecular complexity index is 1410. The van der Waals surface area contributed by atoms with Gasteiger partial charge in [-0.25, -0.2) is 8.78 Å². The number of nitrogens with one attached hydrogen (secondary N) is 1. The van der Waals surface area contributed by atoms with Crippen molar-refractivity contribution in [2.75, 3.05) is 49.5 Å². The second-order valence-corrected chi connectivity index (χ2v) is 10.8. The summed E-state index contributed by atoms with van der Waals surface area (Å²) in [5, 5.41) is 13.4. The van der Waals surface area contributed by atoms with Crippen molar-refractivity contribution in [1.82, 2.24) is 9.80 Å². The first kappa shape index (κ1) is 26.2. The Morgan fingerprint density at radius 3 is 2.47 bits per heavy atom. The highest BCUT2D eigenvalue weighted by Crippen LogP contribution is 2.31. The van der Waals surface area contributed by atoms with E-state index >= 15 is 0 Å². The summed E-state index contributed by atoms with van der Waals surface area (Å²) in [6.07, 6.45) is -1.02. The van der Waals surface area contributed by atoms with Gasteiger partial charge in [0.2, 0.25) is 0 Å². The van der Waals surface area contributed by atoms with Gasteiger partial charge in [-0.05, 0) is 36.4 Å². The highest BCUT2D eigenvalue weighted by molar-refractivity contribution is 7.18. The van der Waals surface area contributed by atoms with Crippen molar-refractivity contribution in [1.29, 1.82) is 0 Å². The Kier molecular flexibility index (Phi) is 7.44. The number of halogens is 3. The van der Waals surface area contributed by atoms with Gasteiger partial charge in [0, 0.05) is 38.8 Å². The van der Waals surface area contributed by atoms with E-state index in [-0.39, 0.29) is 29.9 Å². The van der Waals surface area contributed by atoms with Crippen LogP contribution >= 0.6 is 22.9 Å². The molecule has 3 aromatic rings. The minimum absolute atomic E-state index is 0.0793. The number of aliphatic hydroxyl groups is 1. The number of benzene rings is 2. The van der Waals surface area contributed by atoms with Crippen molar-refractivity contribution in [2.45, 2.75) is 6.10 Å². The Balaban J connectivity index is 1.20. The number of piperazine rings is 1. The van der Waals surface area contributed by atoms with Crippen molar-refractivity contribution in [2.24, 2.45) is 0 Å². The van der Waals surface area contributed by atoms with Gasteiger partial charge in [0.05, 0.1) is 44.4 Å². The number of β-amino-alcohol motifs (C(OH)–C–C–N with tert-alkyl or cyclic N) is 1. The molecule has 1 fully saturated rings. The first-order chi connectivity index (χ1) is 18.2. The van der Waals surface area contributed by atoms with E-state index in [0.29, 0.717) is 41.1 Å². The normalized spacial score (nSPS) is 16.6. The van der Waals surface area contributed by atoms with Gasteiger partial charge in [-0.2, -0.15) is 0 Å². The lowest BCUT2D eigenvalue weighted by atomic mass is 10.1. The van der Waals surface area contributed by atoms with E-state index in [1.54, 1.807) is 24.3 Å². The molecule has 1 unspecified atom stereocenters. The minimum Gasteiger partial charge on any atom is -0.390 e. The first-order valence-electron chi connectivity index (χ1n) is 11.9. The Morgan fingerprint density at radius 1 is 1.03 bits per heavy atom. The van der Waals surface area contributed by atoms with Crippen LogP contribution in [0.3, 0.4) is 0 Å². The maximum atomic E-state index is 14.1. The van der Waals surface area contributed by atoms with Gasteiger partial charge >= 0.3 is 0 Å². The van der Waals surface area contributed by atoms with Crippen LogP contribution in [0.2, 0.25) is 4.34 Å². The van der Waals surface area contributed by atoms with Crippen LogP contribution in [0.15, 0.2) is 48.5 Å². The van der Waals surface area contributed by atoms with Gasteiger partial charge in [0.25, 0.3) is 17.7 Å². The van der Waals surface area contributed by atoms with E-state index < -0.39 is 35.5 Å². The van der Waals surface area contributed by atoms with Crippen molar-refractivity contribution in [3.63, 3.8) is 0 Å². The number of thiophene rings is 1. The molecule has 0 aliphatic carbocycles. The van der Waals surface area contributed by atoms with Gasteiger partial charge in [0.1, 0.15) is 11.6 Å². The van der Waals surface area contributed by atoms with Crippen LogP contribution in [-0.4, -0.2) is 78.0 Å². The molecule has 5 rings (SSSR count). The molecule has 1 aromatic heterocycles. The molecule has 3 heterocycles. The average Bonchev–Trinajstić information content (AvgIpc) is 3.42. The highest BCUT2D eigenvalue weighted by Gasteiger charge is 2.39. The molecule has 0 spiro atoms. The standard InChI is InChI=1S/C26H23ClF2N4O4S/c27-22-7-6-21(38-22)24(35)30-19-3-1-2-17-23(19)26(37)33(25(17)36)14-16(34)13-31-8-10-32(11-9-31)20-5-4-15(28)12-18(20)29/h1-7,12,16,34H,8-11,13-14H2,(H,30,35). The maximum Gasteiger partial charge on any atom is 0.265 e. The highest BCUT2D eigenvalue weighted by atomic mass is 35.5. The third kappa shape index (κ3) is 5.28. The summed E-state index contributed by atoms with van der Waals surface area (Å²) in [7, 11) is 0. The lowest BCUT2D eigenvalue weighted by Crippen LogP contribution is -2.50. The first-order valence-corrected chi connectivity index (χ1v) is 13.1. The van der Waals surface area contributed by atoms with E-state index in [4.69, 9.17) is 11.6 Å². The number of fused-ring (bicyclic) bond motifs is 1. The monoisotopic (exact) mass is 560 g/mol. The van der Waals surface area contributed by atoms with Crippen molar-refractivity contribution >= 4 is 52.0 Å². The number of rotatable bonds is 7. The van der Waals surface area contributed by atoms with Crippen molar-refractivity contribution in [3.8, 4) is 0 Å². The van der Waals surface area contributed by atoms with Crippen LogP contribution in [0.4, 0.5) is 20.2 Å². The van der Waals surface area contributed by atoms with E-state index in [2.05, 4.69) is 5.32 Å². The number of hydrogen-bond donors (Lipinski definition) is 2. The predicted octanol–water partition coefficient (Wildman–Crippen LogP) is 3.71. The molecule has 1 atom stereocenters. The molecule has 0 radical (unpaired) electrons. The average molecular weight is 561 g/mol. The van der Waals surface area contributed by atoms with Gasteiger partial charge in [-0.1, -0.05) is 17.7 Å². The minimum atomic E-state index is -1.02. The second-order valence-electron chi connectivity index (χ2n) is 9.04. The van der Waals surface area contributed by atoms with Crippen LogP contribution in [0.25, 0.3) is 0 Å². The number of anilines is 2. The van der Waals surface area contributed by atoms with Gasteiger partial charge in [0.15, 0.2) is 0 Å². The van der Waals surface area contributed by atoms with E-state index in [0.717, 1.165) is 22.3 Å². The number of hydrogen-bond acceptors (Lipinski definition) is 7. The third-order valence-corrected chi connectivity index (χ3v) is 7.76. The summed E-state index contributed by atoms with van der Waals surface area (Å²) in [6.45, 7) is 1.96. The molecular formula is C26H23ClF2N4O4S. The molecule has 8 nitrogen and oxygen atoms in total. The molecule has 2 N–H and O–H groups in total. The Hall–Kier alpha value is -3.38. The lowest BCUT2D eigenvalue weighted by Gasteiger charge is -2.37. The molecule has 0 saturated carbocycles. The number of carbonyl (C=O) groups is 3. The molecule has 2 aliphatic heterocycles. The molecule has 38 heavy (non-hydrogen) atoms. The fourth-order valence-electron chi connectivity index (χ4n) is 4.70. The summed E-state index contributed by atoms with van der Waals surface area (Å²) >= 11 is 7.00. The van der Waals surface area contributed by atoms with Gasteiger partial charge in [-0.3, -0.25) is 24.2 Å². The SMILES string of the molecule is O=C(Nc1cccc2c1C(=O)N(CC(O)CN1CCN(c3ccc(F)cc3F)CC1)C2=O)c1ccc(Cl)s1. The molecular weight excluding hydrogens is 538 g/mol. The number of carbonyl (C=O) groups excluding carboxylic acids is 3. The number of aliphatic hydroxyl groups excluding tert-OH is 1. The van der Waals surface area contributed by atoms with Crippen molar-refractivity contribution < 1.29 is 28.3 Å². The summed E-state index contributed by atoms with van der Waals surface area (Å²) in [5.74, 6) is -2.85. The van der Waals surface area contributed by atoms with Crippen LogP contribution < -0.4 is 10.2 Å². The smallest absolute Gasteiger partial charge is 0.265 e. The van der Waals surface area contributed by atoms with Crippen LogP contribution in [-0.2, 0) is 0 Å². The predicted molar refractivity (Wildman–Crippen MR) is 140 cm³/mol. The summed E-state index contributed by atoms with van der Waals surface area (Å²) in [6, 6.07) is 11.3. The van der Waals surface area contributed by atoms with Crippen molar-refractivity contribution in [3.05, 3.63) is 80.5 Å². The summed E-state index contributed by atoms with van der Waals surface area (Å²) < 4.78 is 27.8. The largest absolute Gasteiger partial charge is 0.390 e. The molecule has 2 aromatic carbocycles. The van der Waals surface area contributed by atoms with E-state index in [1.807, 2.05) is 9.80 Å². The zero-order valence-corrected chi connectivity index (χ0v) is 21.6. The quantitative estimate of drug-likeness (QED) is 0.428.